The molecule has 0 saturated heterocycles. The molecule has 1 unspecified atom stereocenters. The van der Waals surface area contributed by atoms with Crippen molar-refractivity contribution in [3.8, 4) is 5.75 Å². The highest BCUT2D eigenvalue weighted by Gasteiger charge is 2.09. The van der Waals surface area contributed by atoms with Gasteiger partial charge >= 0.3 is 0 Å². The molecule has 0 fully saturated rings. The third-order valence-electron chi connectivity index (χ3n) is 2.72. The van der Waals surface area contributed by atoms with Crippen LogP contribution in [0.3, 0.4) is 0 Å². The van der Waals surface area contributed by atoms with E-state index in [1.165, 1.54) is 31.2 Å². The van der Waals surface area contributed by atoms with Crippen molar-refractivity contribution in [3.63, 3.8) is 0 Å². The molecule has 2 nitrogen and oxygen atoms in total. The van der Waals surface area contributed by atoms with Gasteiger partial charge in [-0.25, -0.2) is 8.78 Å². The van der Waals surface area contributed by atoms with Gasteiger partial charge < -0.3 is 9.84 Å². The van der Waals surface area contributed by atoms with E-state index in [0.29, 0.717) is 11.3 Å². The summed E-state index contributed by atoms with van der Waals surface area (Å²) in [6, 6.07) is 10.3. The maximum Gasteiger partial charge on any atom is 0.132 e. The Morgan fingerprint density at radius 2 is 1.95 bits per heavy atom. The van der Waals surface area contributed by atoms with Crippen molar-refractivity contribution in [2.75, 3.05) is 0 Å². The van der Waals surface area contributed by atoms with Crippen LogP contribution in [0.4, 0.5) is 8.78 Å². The Kier molecular flexibility index (Phi) is 4.12. The highest BCUT2D eigenvalue weighted by atomic mass is 19.1. The first-order valence-electron chi connectivity index (χ1n) is 5.91. The molecule has 0 radical (unpaired) electrons. The first-order valence-corrected chi connectivity index (χ1v) is 5.91. The van der Waals surface area contributed by atoms with Crippen molar-refractivity contribution in [3.05, 3.63) is 65.2 Å². The van der Waals surface area contributed by atoms with E-state index in [-0.39, 0.29) is 18.0 Å². The van der Waals surface area contributed by atoms with Crippen LogP contribution < -0.4 is 4.74 Å². The molecule has 1 atom stereocenters. The fraction of sp³-hybridized carbons (Fsp3) is 0.200. The average molecular weight is 264 g/mol. The molecule has 0 saturated carbocycles. The lowest BCUT2D eigenvalue weighted by atomic mass is 10.1. The SMILES string of the molecule is CC(O)c1ccc(OCc2cccc(F)c2)cc1F. The van der Waals surface area contributed by atoms with Crippen LogP contribution >= 0.6 is 0 Å². The van der Waals surface area contributed by atoms with Crippen molar-refractivity contribution in [2.24, 2.45) is 0 Å². The van der Waals surface area contributed by atoms with Crippen LogP contribution in [-0.2, 0) is 6.61 Å². The van der Waals surface area contributed by atoms with Gasteiger partial charge in [0.2, 0.25) is 0 Å². The van der Waals surface area contributed by atoms with Gasteiger partial charge in [0.05, 0.1) is 6.10 Å². The quantitative estimate of drug-likeness (QED) is 0.914. The maximum atomic E-state index is 13.6. The van der Waals surface area contributed by atoms with Crippen LogP contribution in [0.2, 0.25) is 0 Å². The minimum absolute atomic E-state index is 0.158. The van der Waals surface area contributed by atoms with E-state index in [0.717, 1.165) is 0 Å². The Bertz CT molecular complexity index is 568. The average Bonchev–Trinajstić information content (AvgIpc) is 2.36. The van der Waals surface area contributed by atoms with Crippen LogP contribution in [0.1, 0.15) is 24.2 Å². The Labute approximate surface area is 110 Å². The lowest BCUT2D eigenvalue weighted by molar-refractivity contribution is 0.194. The molecule has 0 aliphatic rings. The van der Waals surface area contributed by atoms with Gasteiger partial charge in [0.1, 0.15) is 24.0 Å². The van der Waals surface area contributed by atoms with E-state index in [4.69, 9.17) is 4.74 Å². The minimum atomic E-state index is -0.864. The summed E-state index contributed by atoms with van der Waals surface area (Å²) < 4.78 is 31.9. The topological polar surface area (TPSA) is 29.5 Å². The van der Waals surface area contributed by atoms with Crippen LogP contribution in [0.15, 0.2) is 42.5 Å². The molecule has 100 valence electrons. The number of hydrogen-bond donors (Lipinski definition) is 1. The summed E-state index contributed by atoms with van der Waals surface area (Å²) in [5.74, 6) is -0.519. The summed E-state index contributed by atoms with van der Waals surface area (Å²) in [5.41, 5.74) is 0.887. The number of ether oxygens (including phenoxy) is 1. The highest BCUT2D eigenvalue weighted by Crippen LogP contribution is 2.22. The van der Waals surface area contributed by atoms with Crippen molar-refractivity contribution >= 4 is 0 Å². The molecule has 0 bridgehead atoms. The number of aliphatic hydroxyl groups excluding tert-OH is 1. The van der Waals surface area contributed by atoms with Gasteiger partial charge in [-0.1, -0.05) is 12.1 Å². The number of aliphatic hydroxyl groups is 1. The minimum Gasteiger partial charge on any atom is -0.489 e. The molecule has 0 aromatic heterocycles. The molecule has 4 heteroatoms. The van der Waals surface area contributed by atoms with Gasteiger partial charge in [0.25, 0.3) is 0 Å². The van der Waals surface area contributed by atoms with Crippen LogP contribution in [0.25, 0.3) is 0 Å². The summed E-state index contributed by atoms with van der Waals surface area (Å²) in [5, 5.41) is 9.31. The lowest BCUT2D eigenvalue weighted by Crippen LogP contribution is -1.99. The Balaban J connectivity index is 2.06. The van der Waals surface area contributed by atoms with Crippen molar-refractivity contribution in [1.82, 2.24) is 0 Å². The Morgan fingerprint density at radius 1 is 1.16 bits per heavy atom. The summed E-state index contributed by atoms with van der Waals surface area (Å²) in [6.07, 6.45) is -0.864. The van der Waals surface area contributed by atoms with Crippen molar-refractivity contribution in [1.29, 1.82) is 0 Å². The summed E-state index contributed by atoms with van der Waals surface area (Å²) in [7, 11) is 0. The smallest absolute Gasteiger partial charge is 0.132 e. The standard InChI is InChI=1S/C15H14F2O2/c1-10(18)14-6-5-13(8-15(14)17)19-9-11-3-2-4-12(16)7-11/h2-8,10,18H,9H2,1H3. The number of hydrogen-bond acceptors (Lipinski definition) is 2. The van der Waals surface area contributed by atoms with Crippen LogP contribution in [0, 0.1) is 11.6 Å². The Hall–Kier alpha value is -1.94. The molecule has 2 aromatic carbocycles. The van der Waals surface area contributed by atoms with Gasteiger partial charge in [-0.2, -0.15) is 0 Å². The lowest BCUT2D eigenvalue weighted by Gasteiger charge is -2.10. The molecule has 2 aromatic rings. The van der Waals surface area contributed by atoms with E-state index in [1.807, 2.05) is 0 Å². The first-order chi connectivity index (χ1) is 9.06. The maximum absolute atomic E-state index is 13.6. The second-order valence-corrected chi connectivity index (χ2v) is 4.28. The zero-order valence-corrected chi connectivity index (χ0v) is 10.4. The van der Waals surface area contributed by atoms with E-state index in [1.54, 1.807) is 18.2 Å². The molecule has 0 aliphatic carbocycles. The Morgan fingerprint density at radius 3 is 2.58 bits per heavy atom. The van der Waals surface area contributed by atoms with E-state index >= 15 is 0 Å². The predicted octanol–water partition coefficient (Wildman–Crippen LogP) is 3.60. The van der Waals surface area contributed by atoms with Crippen molar-refractivity contribution in [2.45, 2.75) is 19.6 Å². The molecular formula is C15H14F2O2. The van der Waals surface area contributed by atoms with Gasteiger partial charge in [-0.3, -0.25) is 0 Å². The molecular weight excluding hydrogens is 250 g/mol. The van der Waals surface area contributed by atoms with Crippen molar-refractivity contribution < 1.29 is 18.6 Å². The molecule has 2 rings (SSSR count). The van der Waals surface area contributed by atoms with E-state index in [2.05, 4.69) is 0 Å². The van der Waals surface area contributed by atoms with Gasteiger partial charge in [0, 0.05) is 11.6 Å². The first kappa shape index (κ1) is 13.5. The molecule has 0 spiro atoms. The zero-order chi connectivity index (χ0) is 13.8. The zero-order valence-electron chi connectivity index (χ0n) is 10.4. The third-order valence-corrected chi connectivity index (χ3v) is 2.72. The molecule has 0 aliphatic heterocycles. The predicted molar refractivity (Wildman–Crippen MR) is 67.8 cm³/mol. The number of halogens is 2. The van der Waals surface area contributed by atoms with E-state index < -0.39 is 11.9 Å². The molecule has 0 amide bonds. The fourth-order valence-corrected chi connectivity index (χ4v) is 1.73. The molecule has 19 heavy (non-hydrogen) atoms. The van der Waals surface area contributed by atoms with Gasteiger partial charge in [-0.15, -0.1) is 0 Å². The summed E-state index contributed by atoms with van der Waals surface area (Å²) in [4.78, 5) is 0. The highest BCUT2D eigenvalue weighted by molar-refractivity contribution is 5.30. The summed E-state index contributed by atoms with van der Waals surface area (Å²) in [6.45, 7) is 1.65. The van der Waals surface area contributed by atoms with Crippen LogP contribution in [-0.4, -0.2) is 5.11 Å². The number of rotatable bonds is 4. The number of benzene rings is 2. The normalized spacial score (nSPS) is 12.2. The van der Waals surface area contributed by atoms with Crippen LogP contribution in [0.5, 0.6) is 5.75 Å². The van der Waals surface area contributed by atoms with Gasteiger partial charge in [0.15, 0.2) is 0 Å². The molecule has 0 heterocycles. The second-order valence-electron chi connectivity index (χ2n) is 4.28. The monoisotopic (exact) mass is 264 g/mol. The largest absolute Gasteiger partial charge is 0.489 e. The fourth-order valence-electron chi connectivity index (χ4n) is 1.73. The second kappa shape index (κ2) is 5.80. The third kappa shape index (κ3) is 3.51. The molecule has 1 N–H and O–H groups in total. The van der Waals surface area contributed by atoms with E-state index in [9.17, 15) is 13.9 Å². The summed E-state index contributed by atoms with van der Waals surface area (Å²) >= 11 is 0. The van der Waals surface area contributed by atoms with Gasteiger partial charge in [-0.05, 0) is 36.8 Å².